The largest absolute Gasteiger partial charge is 0.482 e. The van der Waals surface area contributed by atoms with Gasteiger partial charge in [0.15, 0.2) is 19.0 Å². The normalized spacial score (nSPS) is 22.6. The smallest absolute Gasteiger partial charge is 0.309 e. The molecule has 6 heteroatoms. The van der Waals surface area contributed by atoms with Crippen LogP contribution in [0.2, 0.25) is 0 Å². The average molecular weight is 289 g/mol. The van der Waals surface area contributed by atoms with Crippen molar-refractivity contribution in [2.45, 2.75) is 13.3 Å². The van der Waals surface area contributed by atoms with Crippen LogP contribution in [0.15, 0.2) is 18.2 Å². The Morgan fingerprint density at radius 3 is 2.90 bits per heavy atom. The maximum absolute atomic E-state index is 12.0. The van der Waals surface area contributed by atoms with Crippen molar-refractivity contribution in [1.29, 1.82) is 0 Å². The monoisotopic (exact) mass is 289 g/mol. The molecular weight excluding hydrogens is 274 g/mol. The number of nitrogens with one attached hydrogen (secondary N) is 1. The highest BCUT2D eigenvalue weighted by atomic mass is 16.5. The van der Waals surface area contributed by atoms with Crippen molar-refractivity contribution in [3.63, 3.8) is 0 Å². The number of fused-ring (bicyclic) bond motifs is 1. The minimum Gasteiger partial charge on any atom is -0.482 e. The fraction of sp³-hybridized carbons (Fsp3) is 0.400. The minimum atomic E-state index is -0.314. The molecule has 2 aliphatic rings. The maximum atomic E-state index is 12.0. The van der Waals surface area contributed by atoms with Crippen LogP contribution in [0.3, 0.4) is 0 Å². The van der Waals surface area contributed by atoms with Gasteiger partial charge in [-0.1, -0.05) is 6.92 Å². The van der Waals surface area contributed by atoms with Crippen LogP contribution in [0.4, 0.5) is 5.69 Å². The number of amides is 1. The van der Waals surface area contributed by atoms with Gasteiger partial charge in [0, 0.05) is 5.56 Å². The molecule has 1 saturated carbocycles. The van der Waals surface area contributed by atoms with Gasteiger partial charge in [0.25, 0.3) is 5.91 Å². The number of hydrogen-bond acceptors (Lipinski definition) is 5. The van der Waals surface area contributed by atoms with Gasteiger partial charge in [-0.15, -0.1) is 0 Å². The lowest BCUT2D eigenvalue weighted by atomic mass is 10.1. The van der Waals surface area contributed by atoms with E-state index in [-0.39, 0.29) is 36.8 Å². The second kappa shape index (κ2) is 5.20. The number of esters is 1. The highest BCUT2D eigenvalue weighted by Crippen LogP contribution is 2.38. The third-order valence-corrected chi connectivity index (χ3v) is 3.69. The molecule has 3 rings (SSSR count). The van der Waals surface area contributed by atoms with Crippen LogP contribution in [0.25, 0.3) is 0 Å². The van der Waals surface area contributed by atoms with E-state index >= 15 is 0 Å². The fourth-order valence-corrected chi connectivity index (χ4v) is 2.23. The molecule has 1 N–H and O–H groups in total. The molecule has 1 amide bonds. The van der Waals surface area contributed by atoms with Gasteiger partial charge in [0.05, 0.1) is 11.6 Å². The van der Waals surface area contributed by atoms with E-state index in [9.17, 15) is 14.4 Å². The zero-order valence-corrected chi connectivity index (χ0v) is 11.5. The molecule has 1 heterocycles. The van der Waals surface area contributed by atoms with E-state index in [0.717, 1.165) is 6.42 Å². The lowest BCUT2D eigenvalue weighted by Crippen LogP contribution is -2.25. The number of anilines is 1. The molecular formula is C15H15NO5. The number of ether oxygens (including phenoxy) is 2. The summed E-state index contributed by atoms with van der Waals surface area (Å²) in [5, 5.41) is 2.63. The molecule has 0 spiro atoms. The standard InChI is InChI=1S/C15H15NO5/c1-8-4-10(8)15(19)21-6-12(17)9-2-3-13-11(5-9)16-14(18)7-20-13/h2-3,5,8,10H,4,6-7H2,1H3,(H,16,18)/t8-,10+/m0/s1. The molecule has 0 saturated heterocycles. The number of benzene rings is 1. The van der Waals surface area contributed by atoms with E-state index in [1.54, 1.807) is 12.1 Å². The highest BCUT2D eigenvalue weighted by Gasteiger charge is 2.40. The molecule has 0 unspecified atom stereocenters. The molecule has 0 bridgehead atoms. The number of ketones is 1. The first-order valence-corrected chi connectivity index (χ1v) is 6.81. The molecule has 1 aromatic carbocycles. The van der Waals surface area contributed by atoms with E-state index in [0.29, 0.717) is 22.9 Å². The van der Waals surface area contributed by atoms with Crippen molar-refractivity contribution in [2.75, 3.05) is 18.5 Å². The summed E-state index contributed by atoms with van der Waals surface area (Å²) >= 11 is 0. The van der Waals surface area contributed by atoms with E-state index in [1.165, 1.54) is 6.07 Å². The van der Waals surface area contributed by atoms with Crippen LogP contribution in [0.5, 0.6) is 5.75 Å². The Bertz CT molecular complexity index is 624. The van der Waals surface area contributed by atoms with Crippen LogP contribution in [-0.4, -0.2) is 30.9 Å². The van der Waals surface area contributed by atoms with Crippen molar-refractivity contribution in [3.05, 3.63) is 23.8 Å². The molecule has 1 fully saturated rings. The van der Waals surface area contributed by atoms with Crippen LogP contribution in [0.1, 0.15) is 23.7 Å². The van der Waals surface area contributed by atoms with Crippen molar-refractivity contribution in [2.24, 2.45) is 11.8 Å². The predicted octanol–water partition coefficient (Wildman–Crippen LogP) is 1.40. The summed E-state index contributed by atoms with van der Waals surface area (Å²) in [6, 6.07) is 4.74. The van der Waals surface area contributed by atoms with E-state index < -0.39 is 0 Å². The first-order chi connectivity index (χ1) is 10.0. The number of carbonyl (C=O) groups is 3. The molecule has 110 valence electrons. The SMILES string of the molecule is C[C@H]1C[C@H]1C(=O)OCC(=O)c1ccc2c(c1)NC(=O)CO2. The molecule has 1 aliphatic heterocycles. The summed E-state index contributed by atoms with van der Waals surface area (Å²) in [6.07, 6.45) is 0.829. The number of carbonyl (C=O) groups excluding carboxylic acids is 3. The quantitative estimate of drug-likeness (QED) is 0.669. The summed E-state index contributed by atoms with van der Waals surface area (Å²) in [7, 11) is 0. The Morgan fingerprint density at radius 2 is 2.19 bits per heavy atom. The van der Waals surface area contributed by atoms with Gasteiger partial charge in [-0.05, 0) is 30.5 Å². The Kier molecular flexibility index (Phi) is 3.37. The van der Waals surface area contributed by atoms with Crippen LogP contribution >= 0.6 is 0 Å². The molecule has 1 aliphatic carbocycles. The molecule has 6 nitrogen and oxygen atoms in total. The molecule has 0 aromatic heterocycles. The van der Waals surface area contributed by atoms with Crippen LogP contribution < -0.4 is 10.1 Å². The first kappa shape index (κ1) is 13.6. The van der Waals surface area contributed by atoms with E-state index in [1.807, 2.05) is 6.92 Å². The maximum Gasteiger partial charge on any atom is 0.309 e. The summed E-state index contributed by atoms with van der Waals surface area (Å²) in [4.78, 5) is 34.8. The van der Waals surface area contributed by atoms with Crippen molar-refractivity contribution < 1.29 is 23.9 Å². The molecule has 2 atom stereocenters. The Labute approximate surface area is 121 Å². The minimum absolute atomic E-state index is 0.0303. The van der Waals surface area contributed by atoms with Gasteiger partial charge < -0.3 is 14.8 Å². The number of Topliss-reactive ketones (excluding diaryl/α,β-unsaturated/α-hetero) is 1. The van der Waals surface area contributed by atoms with Gasteiger partial charge in [-0.25, -0.2) is 0 Å². The zero-order valence-electron chi connectivity index (χ0n) is 11.5. The molecule has 0 radical (unpaired) electrons. The Morgan fingerprint density at radius 1 is 1.43 bits per heavy atom. The third-order valence-electron chi connectivity index (χ3n) is 3.69. The fourth-order valence-electron chi connectivity index (χ4n) is 2.23. The molecule has 21 heavy (non-hydrogen) atoms. The van der Waals surface area contributed by atoms with Gasteiger partial charge in [-0.3, -0.25) is 14.4 Å². The lowest BCUT2D eigenvalue weighted by Gasteiger charge is -2.18. The summed E-state index contributed by atoms with van der Waals surface area (Å²) < 4.78 is 10.2. The zero-order chi connectivity index (χ0) is 15.0. The van der Waals surface area contributed by atoms with Crippen LogP contribution in [-0.2, 0) is 14.3 Å². The van der Waals surface area contributed by atoms with Crippen molar-refractivity contribution >= 4 is 23.3 Å². The summed E-state index contributed by atoms with van der Waals surface area (Å²) in [5.41, 5.74) is 0.829. The number of hydrogen-bond donors (Lipinski definition) is 1. The topological polar surface area (TPSA) is 81.7 Å². The van der Waals surface area contributed by atoms with Crippen molar-refractivity contribution in [3.8, 4) is 5.75 Å². The molecule has 1 aromatic rings. The van der Waals surface area contributed by atoms with Crippen LogP contribution in [0, 0.1) is 11.8 Å². The second-order valence-corrected chi connectivity index (χ2v) is 5.40. The van der Waals surface area contributed by atoms with Gasteiger partial charge in [0.2, 0.25) is 0 Å². The highest BCUT2D eigenvalue weighted by molar-refractivity contribution is 6.01. The second-order valence-electron chi connectivity index (χ2n) is 5.40. The summed E-state index contributed by atoms with van der Waals surface area (Å²) in [5.74, 6) is -0.0707. The Hall–Kier alpha value is -2.37. The van der Waals surface area contributed by atoms with E-state index in [2.05, 4.69) is 5.32 Å². The summed E-state index contributed by atoms with van der Waals surface area (Å²) in [6.45, 7) is 1.66. The Balaban J connectivity index is 1.63. The predicted molar refractivity (Wildman–Crippen MR) is 73.1 cm³/mol. The van der Waals surface area contributed by atoms with Crippen molar-refractivity contribution in [1.82, 2.24) is 0 Å². The van der Waals surface area contributed by atoms with Gasteiger partial charge in [-0.2, -0.15) is 0 Å². The van der Waals surface area contributed by atoms with E-state index in [4.69, 9.17) is 9.47 Å². The lowest BCUT2D eigenvalue weighted by molar-refractivity contribution is -0.144. The third kappa shape index (κ3) is 2.89. The van der Waals surface area contributed by atoms with Gasteiger partial charge in [0.1, 0.15) is 5.75 Å². The van der Waals surface area contributed by atoms with Gasteiger partial charge >= 0.3 is 5.97 Å². The average Bonchev–Trinajstić information content (AvgIpc) is 3.20. The number of rotatable bonds is 4. The first-order valence-electron chi connectivity index (χ1n) is 6.81.